The van der Waals surface area contributed by atoms with Gasteiger partial charge in [0.05, 0.1) is 14.6 Å². The lowest BCUT2D eigenvalue weighted by Gasteiger charge is -1.95. The zero-order chi connectivity index (χ0) is 10.3. The Hall–Kier alpha value is -0.930. The number of benzene rings is 1. The van der Waals surface area contributed by atoms with E-state index in [-0.39, 0.29) is 5.02 Å². The molecule has 0 unspecified atom stereocenters. The number of halogens is 2. The molecule has 0 N–H and O–H groups in total. The van der Waals surface area contributed by atoms with Crippen LogP contribution in [-0.4, -0.2) is 6.29 Å². The molecule has 1 aromatic heterocycles. The molecule has 0 amide bonds. The smallest absolute Gasteiger partial charge is 0.160 e. The largest absolute Gasteiger partial charge is 0.297 e. The van der Waals surface area contributed by atoms with Crippen LogP contribution in [0.4, 0.5) is 4.39 Å². The Morgan fingerprint density at radius 1 is 1.50 bits per heavy atom. The molecule has 0 saturated carbocycles. The highest BCUT2D eigenvalue weighted by atomic mass is 35.5. The second-order valence-electron chi connectivity index (χ2n) is 2.95. The van der Waals surface area contributed by atoms with E-state index in [1.807, 2.05) is 0 Å². The van der Waals surface area contributed by atoms with Gasteiger partial charge in [0.15, 0.2) is 12.1 Å². The molecule has 1 heterocycles. The lowest BCUT2D eigenvalue weighted by Crippen LogP contribution is -1.78. The van der Waals surface area contributed by atoms with Gasteiger partial charge in [-0.1, -0.05) is 17.7 Å². The maximum atomic E-state index is 13.5. The Bertz CT molecular complexity index is 518. The zero-order valence-corrected chi connectivity index (χ0v) is 8.88. The SMILES string of the molecule is Cc1c(C=O)sc2c(F)c(Cl)ccc12. The molecule has 0 atom stereocenters. The van der Waals surface area contributed by atoms with E-state index >= 15 is 0 Å². The van der Waals surface area contributed by atoms with E-state index in [2.05, 4.69) is 0 Å². The third kappa shape index (κ3) is 1.24. The van der Waals surface area contributed by atoms with Crippen molar-refractivity contribution < 1.29 is 9.18 Å². The molecule has 0 aliphatic carbocycles. The molecule has 72 valence electrons. The summed E-state index contributed by atoms with van der Waals surface area (Å²) in [5, 5.41) is 0.857. The van der Waals surface area contributed by atoms with E-state index in [1.54, 1.807) is 13.0 Å². The van der Waals surface area contributed by atoms with Gasteiger partial charge in [-0.05, 0) is 23.9 Å². The predicted octanol–water partition coefficient (Wildman–Crippen LogP) is 3.81. The van der Waals surface area contributed by atoms with Crippen molar-refractivity contribution >= 4 is 39.3 Å². The summed E-state index contributed by atoms with van der Waals surface area (Å²) in [5.74, 6) is -0.439. The van der Waals surface area contributed by atoms with Crippen molar-refractivity contribution in [2.45, 2.75) is 6.92 Å². The minimum Gasteiger partial charge on any atom is -0.297 e. The number of hydrogen-bond acceptors (Lipinski definition) is 2. The summed E-state index contributed by atoms with van der Waals surface area (Å²) in [6, 6.07) is 3.24. The van der Waals surface area contributed by atoms with Crippen LogP contribution in [0.1, 0.15) is 15.2 Å². The molecule has 4 heteroatoms. The Morgan fingerprint density at radius 2 is 2.21 bits per heavy atom. The standard InChI is InChI=1S/C10H6ClFOS/c1-5-6-2-3-7(11)9(12)10(6)14-8(5)4-13/h2-4H,1H3. The van der Waals surface area contributed by atoms with Gasteiger partial charge in [-0.3, -0.25) is 4.79 Å². The lowest BCUT2D eigenvalue weighted by molar-refractivity contribution is 0.112. The number of fused-ring (bicyclic) bond motifs is 1. The van der Waals surface area contributed by atoms with Crippen molar-refractivity contribution in [2.24, 2.45) is 0 Å². The monoisotopic (exact) mass is 228 g/mol. The van der Waals surface area contributed by atoms with E-state index in [4.69, 9.17) is 11.6 Å². The van der Waals surface area contributed by atoms with Gasteiger partial charge in [0.25, 0.3) is 0 Å². The molecule has 2 rings (SSSR count). The first-order valence-electron chi connectivity index (χ1n) is 3.97. The summed E-state index contributed by atoms with van der Waals surface area (Å²) in [7, 11) is 0. The van der Waals surface area contributed by atoms with Crippen LogP contribution in [0, 0.1) is 12.7 Å². The quantitative estimate of drug-likeness (QED) is 0.679. The summed E-state index contributed by atoms with van der Waals surface area (Å²) in [6.45, 7) is 1.80. The third-order valence-electron chi connectivity index (χ3n) is 2.14. The number of aldehydes is 1. The average Bonchev–Trinajstić information content (AvgIpc) is 2.50. The molecule has 0 saturated heterocycles. The van der Waals surface area contributed by atoms with Gasteiger partial charge in [0.1, 0.15) is 0 Å². The molecule has 0 spiro atoms. The number of carbonyl (C=O) groups excluding carboxylic acids is 1. The summed E-state index contributed by atoms with van der Waals surface area (Å²) >= 11 is 6.77. The van der Waals surface area contributed by atoms with Crippen LogP contribution in [0.3, 0.4) is 0 Å². The van der Waals surface area contributed by atoms with Gasteiger partial charge >= 0.3 is 0 Å². The van der Waals surface area contributed by atoms with Gasteiger partial charge in [-0.25, -0.2) is 4.39 Å². The lowest BCUT2D eigenvalue weighted by atomic mass is 10.1. The fraction of sp³-hybridized carbons (Fsp3) is 0.100. The van der Waals surface area contributed by atoms with Crippen LogP contribution in [0.25, 0.3) is 10.1 Å². The fourth-order valence-electron chi connectivity index (χ4n) is 1.36. The van der Waals surface area contributed by atoms with Gasteiger partial charge in [0.2, 0.25) is 0 Å². The van der Waals surface area contributed by atoms with E-state index < -0.39 is 5.82 Å². The molecule has 2 aromatic rings. The first-order valence-corrected chi connectivity index (χ1v) is 5.17. The fourth-order valence-corrected chi connectivity index (χ4v) is 2.63. The van der Waals surface area contributed by atoms with Gasteiger partial charge in [-0.2, -0.15) is 0 Å². The first kappa shape index (κ1) is 9.62. The van der Waals surface area contributed by atoms with Crippen LogP contribution < -0.4 is 0 Å². The molecule has 0 aliphatic heterocycles. The predicted molar refractivity (Wildman–Crippen MR) is 56.9 cm³/mol. The zero-order valence-electron chi connectivity index (χ0n) is 7.30. The highest BCUT2D eigenvalue weighted by Gasteiger charge is 2.13. The highest BCUT2D eigenvalue weighted by Crippen LogP contribution is 2.34. The maximum Gasteiger partial charge on any atom is 0.160 e. The number of aryl methyl sites for hydroxylation is 1. The van der Waals surface area contributed by atoms with Crippen molar-refractivity contribution in [3.05, 3.63) is 33.4 Å². The molecular weight excluding hydrogens is 223 g/mol. The molecule has 0 aliphatic rings. The van der Waals surface area contributed by atoms with Crippen molar-refractivity contribution in [3.8, 4) is 0 Å². The maximum absolute atomic E-state index is 13.5. The molecule has 1 aromatic carbocycles. The Labute approximate surface area is 89.1 Å². The normalized spacial score (nSPS) is 10.8. The molecular formula is C10H6ClFOS. The first-order chi connectivity index (χ1) is 6.65. The van der Waals surface area contributed by atoms with Crippen molar-refractivity contribution in [3.63, 3.8) is 0 Å². The van der Waals surface area contributed by atoms with Crippen LogP contribution in [0.5, 0.6) is 0 Å². The Kier molecular flexibility index (Phi) is 2.29. The van der Waals surface area contributed by atoms with Crippen LogP contribution >= 0.6 is 22.9 Å². The van der Waals surface area contributed by atoms with Crippen molar-refractivity contribution in [2.75, 3.05) is 0 Å². The van der Waals surface area contributed by atoms with E-state index in [9.17, 15) is 9.18 Å². The second-order valence-corrected chi connectivity index (χ2v) is 4.41. The Morgan fingerprint density at radius 3 is 2.86 bits per heavy atom. The molecule has 14 heavy (non-hydrogen) atoms. The number of thiophene rings is 1. The van der Waals surface area contributed by atoms with Gasteiger partial charge < -0.3 is 0 Å². The minimum absolute atomic E-state index is 0.0937. The molecule has 1 nitrogen and oxygen atoms in total. The van der Waals surface area contributed by atoms with Crippen molar-refractivity contribution in [1.82, 2.24) is 0 Å². The van der Waals surface area contributed by atoms with Crippen LogP contribution in [0.2, 0.25) is 5.02 Å². The Balaban J connectivity index is 2.91. The van der Waals surface area contributed by atoms with E-state index in [0.29, 0.717) is 9.58 Å². The van der Waals surface area contributed by atoms with Crippen LogP contribution in [0.15, 0.2) is 12.1 Å². The van der Waals surface area contributed by atoms with Gasteiger partial charge in [0, 0.05) is 0 Å². The summed E-state index contributed by atoms with van der Waals surface area (Å²) in [4.78, 5) is 11.2. The minimum atomic E-state index is -0.439. The third-order valence-corrected chi connectivity index (χ3v) is 3.66. The number of hydrogen-bond donors (Lipinski definition) is 0. The molecule has 0 fully saturated rings. The second kappa shape index (κ2) is 3.33. The van der Waals surface area contributed by atoms with Crippen molar-refractivity contribution in [1.29, 1.82) is 0 Å². The van der Waals surface area contributed by atoms with E-state index in [1.165, 1.54) is 6.07 Å². The molecule has 0 radical (unpaired) electrons. The van der Waals surface area contributed by atoms with Gasteiger partial charge in [-0.15, -0.1) is 11.3 Å². The topological polar surface area (TPSA) is 17.1 Å². The number of carbonyl (C=O) groups is 1. The summed E-state index contributed by atoms with van der Waals surface area (Å²) in [6.07, 6.45) is 0.743. The van der Waals surface area contributed by atoms with E-state index in [0.717, 1.165) is 28.6 Å². The highest BCUT2D eigenvalue weighted by molar-refractivity contribution is 7.20. The summed E-state index contributed by atoms with van der Waals surface area (Å²) < 4.78 is 13.9. The summed E-state index contributed by atoms with van der Waals surface area (Å²) in [5.41, 5.74) is 0.815. The van der Waals surface area contributed by atoms with Crippen LogP contribution in [-0.2, 0) is 0 Å². The average molecular weight is 229 g/mol. The molecule has 0 bridgehead atoms. The number of rotatable bonds is 1.